The fourth-order valence-corrected chi connectivity index (χ4v) is 2.66. The fourth-order valence-electron chi connectivity index (χ4n) is 2.17. The molecule has 1 amide bonds. The third-order valence-electron chi connectivity index (χ3n) is 3.14. The summed E-state index contributed by atoms with van der Waals surface area (Å²) in [7, 11) is 0. The van der Waals surface area contributed by atoms with Gasteiger partial charge >= 0.3 is 0 Å². The van der Waals surface area contributed by atoms with Gasteiger partial charge < -0.3 is 5.32 Å². The van der Waals surface area contributed by atoms with Crippen molar-refractivity contribution in [2.75, 3.05) is 5.32 Å². The number of rotatable bonds is 1. The highest BCUT2D eigenvalue weighted by molar-refractivity contribution is 14.1. The number of hydrogen-bond donors (Lipinski definition) is 1. The third-order valence-corrected chi connectivity index (χ3v) is 3.81. The summed E-state index contributed by atoms with van der Waals surface area (Å²) >= 11 is 2.20. The molecule has 0 saturated carbocycles. The summed E-state index contributed by atoms with van der Waals surface area (Å²) in [5, 5.41) is 11.9. The molecule has 0 bridgehead atoms. The summed E-state index contributed by atoms with van der Waals surface area (Å²) in [5.74, 6) is -0.100. The Labute approximate surface area is 135 Å². The molecule has 1 heterocycles. The Morgan fingerprint density at radius 2 is 2.10 bits per heavy atom. The van der Waals surface area contributed by atoms with Gasteiger partial charge in [-0.1, -0.05) is 12.1 Å². The molecule has 0 saturated heterocycles. The van der Waals surface area contributed by atoms with Gasteiger partial charge in [0, 0.05) is 3.57 Å². The van der Waals surface area contributed by atoms with E-state index in [1.807, 2.05) is 24.3 Å². The molecule has 0 fully saturated rings. The zero-order chi connectivity index (χ0) is 14.8. The fraction of sp³-hybridized carbons (Fsp3) is 0.0625. The number of fused-ring (bicyclic) bond motifs is 1. The van der Waals surface area contributed by atoms with Gasteiger partial charge in [-0.2, -0.15) is 5.26 Å². The molecule has 0 aliphatic carbocycles. The van der Waals surface area contributed by atoms with Crippen molar-refractivity contribution in [1.82, 2.24) is 0 Å². The number of hydrogen-bond acceptors (Lipinski definition) is 3. The van der Waals surface area contributed by atoms with Gasteiger partial charge in [-0.25, -0.2) is 0 Å². The average molecular weight is 387 g/mol. The summed E-state index contributed by atoms with van der Waals surface area (Å²) in [6.07, 6.45) is 0.195. The first-order valence-corrected chi connectivity index (χ1v) is 7.41. The lowest BCUT2D eigenvalue weighted by Crippen LogP contribution is -2.15. The molecule has 21 heavy (non-hydrogen) atoms. The average Bonchev–Trinajstić information content (AvgIpc) is 2.65. The standard InChI is InChI=1S/C16H10IN3O/c17-12-4-5-13-15(7-12)20-16(21)8-14(19-13)11-3-1-2-10(6-11)9-18/h1-7H,8H2,(H,20,21). The van der Waals surface area contributed by atoms with Gasteiger partial charge in [-0.3, -0.25) is 9.79 Å². The molecule has 5 heteroatoms. The number of carbonyl (C=O) groups excluding carboxylic acids is 1. The molecule has 102 valence electrons. The predicted octanol–water partition coefficient (Wildman–Crippen LogP) is 3.63. The molecule has 4 nitrogen and oxygen atoms in total. The van der Waals surface area contributed by atoms with Crippen LogP contribution < -0.4 is 5.32 Å². The maximum atomic E-state index is 12.0. The van der Waals surface area contributed by atoms with Crippen LogP contribution in [0.15, 0.2) is 47.5 Å². The van der Waals surface area contributed by atoms with Crippen LogP contribution in [0.3, 0.4) is 0 Å². The lowest BCUT2D eigenvalue weighted by molar-refractivity contribution is -0.115. The molecule has 1 aliphatic rings. The van der Waals surface area contributed by atoms with Crippen LogP contribution in [-0.4, -0.2) is 11.6 Å². The van der Waals surface area contributed by atoms with Gasteiger partial charge in [-0.05, 0) is 58.5 Å². The van der Waals surface area contributed by atoms with Gasteiger partial charge in [0.1, 0.15) is 0 Å². The molecule has 0 spiro atoms. The zero-order valence-corrected chi connectivity index (χ0v) is 13.1. The SMILES string of the molecule is N#Cc1cccc(C2=Nc3ccc(I)cc3NC(=O)C2)c1. The Balaban J connectivity index is 2.11. The number of benzene rings is 2. The predicted molar refractivity (Wildman–Crippen MR) is 89.8 cm³/mol. The second-order valence-electron chi connectivity index (χ2n) is 4.64. The smallest absolute Gasteiger partial charge is 0.230 e. The highest BCUT2D eigenvalue weighted by Gasteiger charge is 2.17. The first kappa shape index (κ1) is 13.8. The molecule has 1 aliphatic heterocycles. The van der Waals surface area contributed by atoms with E-state index in [1.165, 1.54) is 0 Å². The number of carbonyl (C=O) groups is 1. The maximum Gasteiger partial charge on any atom is 0.230 e. The van der Waals surface area contributed by atoms with Crippen LogP contribution in [0, 0.1) is 14.9 Å². The number of aliphatic imine (C=N–C) groups is 1. The van der Waals surface area contributed by atoms with Crippen molar-refractivity contribution < 1.29 is 4.79 Å². The van der Waals surface area contributed by atoms with Crippen LogP contribution in [0.2, 0.25) is 0 Å². The topological polar surface area (TPSA) is 65.2 Å². The van der Waals surface area contributed by atoms with Crippen molar-refractivity contribution in [1.29, 1.82) is 5.26 Å². The second kappa shape index (κ2) is 5.66. The Hall–Kier alpha value is -2.20. The number of amides is 1. The molecule has 0 unspecified atom stereocenters. The largest absolute Gasteiger partial charge is 0.324 e. The Morgan fingerprint density at radius 1 is 1.24 bits per heavy atom. The quantitative estimate of drug-likeness (QED) is 0.760. The summed E-state index contributed by atoms with van der Waals surface area (Å²) < 4.78 is 1.04. The normalized spacial score (nSPS) is 13.5. The van der Waals surface area contributed by atoms with E-state index in [0.29, 0.717) is 11.3 Å². The molecule has 1 N–H and O–H groups in total. The number of nitrogens with zero attached hydrogens (tertiary/aromatic N) is 2. The van der Waals surface area contributed by atoms with Gasteiger partial charge in [0.2, 0.25) is 5.91 Å². The van der Waals surface area contributed by atoms with Crippen LogP contribution in [0.25, 0.3) is 0 Å². The first-order chi connectivity index (χ1) is 10.2. The van der Waals surface area contributed by atoms with Crippen LogP contribution in [0.5, 0.6) is 0 Å². The van der Waals surface area contributed by atoms with Gasteiger partial charge in [0.25, 0.3) is 0 Å². The van der Waals surface area contributed by atoms with Crippen LogP contribution in [-0.2, 0) is 4.79 Å². The monoisotopic (exact) mass is 387 g/mol. The van der Waals surface area contributed by atoms with Crippen molar-refractivity contribution >= 4 is 45.6 Å². The minimum absolute atomic E-state index is 0.100. The van der Waals surface area contributed by atoms with Gasteiger partial charge in [0.05, 0.1) is 35.1 Å². The minimum atomic E-state index is -0.100. The van der Waals surface area contributed by atoms with E-state index in [2.05, 4.69) is 39.0 Å². The van der Waals surface area contributed by atoms with Crippen LogP contribution in [0.1, 0.15) is 17.5 Å². The number of nitriles is 1. The van der Waals surface area contributed by atoms with Crippen molar-refractivity contribution in [3.63, 3.8) is 0 Å². The lowest BCUT2D eigenvalue weighted by Gasteiger charge is -2.04. The van der Waals surface area contributed by atoms with Crippen molar-refractivity contribution in [3.8, 4) is 6.07 Å². The highest BCUT2D eigenvalue weighted by atomic mass is 127. The summed E-state index contributed by atoms with van der Waals surface area (Å²) in [6.45, 7) is 0. The highest BCUT2D eigenvalue weighted by Crippen LogP contribution is 2.30. The number of halogens is 1. The second-order valence-corrected chi connectivity index (χ2v) is 5.88. The molecule has 0 radical (unpaired) electrons. The molecule has 0 aromatic heterocycles. The number of nitrogens with one attached hydrogen (secondary N) is 1. The van der Waals surface area contributed by atoms with Crippen molar-refractivity contribution in [2.24, 2.45) is 4.99 Å². The molecular weight excluding hydrogens is 377 g/mol. The van der Waals surface area contributed by atoms with Crippen LogP contribution in [0.4, 0.5) is 11.4 Å². The van der Waals surface area contributed by atoms with E-state index in [9.17, 15) is 4.79 Å². The summed E-state index contributed by atoms with van der Waals surface area (Å²) in [4.78, 5) is 16.6. The summed E-state index contributed by atoms with van der Waals surface area (Å²) in [6, 6.07) is 15.0. The first-order valence-electron chi connectivity index (χ1n) is 6.33. The molecule has 2 aromatic carbocycles. The summed E-state index contributed by atoms with van der Waals surface area (Å²) in [5.41, 5.74) is 3.49. The van der Waals surface area contributed by atoms with Crippen molar-refractivity contribution in [2.45, 2.75) is 6.42 Å². The van der Waals surface area contributed by atoms with Crippen molar-refractivity contribution in [3.05, 3.63) is 57.2 Å². The maximum absolute atomic E-state index is 12.0. The minimum Gasteiger partial charge on any atom is -0.324 e. The van der Waals surface area contributed by atoms with E-state index < -0.39 is 0 Å². The molecule has 2 aromatic rings. The molecule has 0 atom stereocenters. The van der Waals surface area contributed by atoms with Gasteiger partial charge in [-0.15, -0.1) is 0 Å². The number of anilines is 1. The van der Waals surface area contributed by atoms with Gasteiger partial charge in [0.15, 0.2) is 0 Å². The Morgan fingerprint density at radius 3 is 2.90 bits per heavy atom. The van der Waals surface area contributed by atoms with Crippen LogP contribution >= 0.6 is 22.6 Å². The van der Waals surface area contributed by atoms with E-state index in [-0.39, 0.29) is 12.3 Å². The van der Waals surface area contributed by atoms with E-state index in [4.69, 9.17) is 5.26 Å². The Bertz CT molecular complexity index is 805. The Kier molecular flexibility index (Phi) is 3.71. The van der Waals surface area contributed by atoms with E-state index in [1.54, 1.807) is 18.2 Å². The molecular formula is C16H10IN3O. The molecule has 3 rings (SSSR count). The van der Waals surface area contributed by atoms with E-state index >= 15 is 0 Å². The van der Waals surface area contributed by atoms with E-state index in [0.717, 1.165) is 20.5 Å². The zero-order valence-electron chi connectivity index (χ0n) is 10.9. The third kappa shape index (κ3) is 2.95. The lowest BCUT2D eigenvalue weighted by atomic mass is 10.0.